The molecule has 1 aromatic heterocycles. The van der Waals surface area contributed by atoms with Gasteiger partial charge in [-0.3, -0.25) is 0 Å². The molecule has 0 aliphatic carbocycles. The van der Waals surface area contributed by atoms with Crippen molar-refractivity contribution in [2.45, 2.75) is 24.9 Å². The van der Waals surface area contributed by atoms with Crippen molar-refractivity contribution in [2.24, 2.45) is 0 Å². The molecule has 0 amide bonds. The summed E-state index contributed by atoms with van der Waals surface area (Å²) in [4.78, 5) is 0. The van der Waals surface area contributed by atoms with Gasteiger partial charge in [-0.05, 0) is 48.9 Å². The monoisotopic (exact) mass is 368 g/mol. The SMILES string of the molecule is COc1cccc(Cn2ccc3cc(OC(C)C4NCCS4)ccc32)c1. The zero-order valence-corrected chi connectivity index (χ0v) is 16.0. The van der Waals surface area contributed by atoms with Crippen molar-refractivity contribution in [3.05, 3.63) is 60.3 Å². The first kappa shape index (κ1) is 17.3. The molecule has 4 rings (SSSR count). The fraction of sp³-hybridized carbons (Fsp3) is 0.333. The molecule has 3 aromatic rings. The van der Waals surface area contributed by atoms with E-state index >= 15 is 0 Å². The van der Waals surface area contributed by atoms with Gasteiger partial charge in [0.2, 0.25) is 0 Å². The molecule has 0 bridgehead atoms. The summed E-state index contributed by atoms with van der Waals surface area (Å²) < 4.78 is 13.7. The van der Waals surface area contributed by atoms with Crippen LogP contribution in [-0.2, 0) is 6.54 Å². The van der Waals surface area contributed by atoms with Crippen LogP contribution in [0.4, 0.5) is 0 Å². The van der Waals surface area contributed by atoms with Crippen LogP contribution in [0.15, 0.2) is 54.7 Å². The number of thioether (sulfide) groups is 1. The lowest BCUT2D eigenvalue weighted by atomic mass is 10.2. The first-order valence-electron chi connectivity index (χ1n) is 8.96. The lowest BCUT2D eigenvalue weighted by molar-refractivity contribution is 0.209. The average molecular weight is 369 g/mol. The molecule has 1 aliphatic rings. The maximum absolute atomic E-state index is 6.16. The molecule has 0 saturated carbocycles. The van der Waals surface area contributed by atoms with Crippen molar-refractivity contribution in [1.82, 2.24) is 9.88 Å². The minimum atomic E-state index is 0.152. The van der Waals surface area contributed by atoms with Crippen molar-refractivity contribution < 1.29 is 9.47 Å². The van der Waals surface area contributed by atoms with E-state index in [0.717, 1.165) is 30.3 Å². The third-order valence-electron chi connectivity index (χ3n) is 4.72. The highest BCUT2D eigenvalue weighted by Crippen LogP contribution is 2.26. The third kappa shape index (κ3) is 3.69. The lowest BCUT2D eigenvalue weighted by Gasteiger charge is -2.20. The van der Waals surface area contributed by atoms with E-state index in [1.54, 1.807) is 7.11 Å². The predicted octanol–water partition coefficient (Wildman–Crippen LogP) is 4.13. The van der Waals surface area contributed by atoms with Crippen molar-refractivity contribution in [3.63, 3.8) is 0 Å². The maximum Gasteiger partial charge on any atom is 0.120 e. The average Bonchev–Trinajstić information content (AvgIpc) is 3.32. The highest BCUT2D eigenvalue weighted by atomic mass is 32.2. The van der Waals surface area contributed by atoms with Gasteiger partial charge >= 0.3 is 0 Å². The molecule has 1 aliphatic heterocycles. The number of ether oxygens (including phenoxy) is 2. The Morgan fingerprint density at radius 1 is 1.19 bits per heavy atom. The molecule has 5 heteroatoms. The standard InChI is InChI=1S/C21H24N2O2S/c1-15(21-22-9-11-26-21)25-19-6-7-20-17(13-19)8-10-23(20)14-16-4-3-5-18(12-16)24-2/h3-8,10,12-13,15,21-22H,9,11,14H2,1-2H3. The molecule has 0 radical (unpaired) electrons. The number of hydrogen-bond donors (Lipinski definition) is 1. The number of methoxy groups -OCH3 is 1. The summed E-state index contributed by atoms with van der Waals surface area (Å²) >= 11 is 1.93. The summed E-state index contributed by atoms with van der Waals surface area (Å²) in [5.41, 5.74) is 2.43. The molecule has 136 valence electrons. The molecular weight excluding hydrogens is 344 g/mol. The van der Waals surface area contributed by atoms with Crippen molar-refractivity contribution in [3.8, 4) is 11.5 Å². The summed E-state index contributed by atoms with van der Waals surface area (Å²) in [6.07, 6.45) is 2.28. The molecule has 2 aromatic carbocycles. The van der Waals surface area contributed by atoms with Gasteiger partial charge in [-0.2, -0.15) is 0 Å². The molecule has 2 unspecified atom stereocenters. The minimum Gasteiger partial charge on any atom is -0.497 e. The van der Waals surface area contributed by atoms with Crippen LogP contribution < -0.4 is 14.8 Å². The largest absolute Gasteiger partial charge is 0.497 e. The van der Waals surface area contributed by atoms with E-state index < -0.39 is 0 Å². The third-order valence-corrected chi connectivity index (χ3v) is 6.07. The van der Waals surface area contributed by atoms with Gasteiger partial charge in [0.1, 0.15) is 17.6 Å². The van der Waals surface area contributed by atoms with Crippen LogP contribution in [0.2, 0.25) is 0 Å². The fourth-order valence-electron chi connectivity index (χ4n) is 3.38. The molecular formula is C21H24N2O2S. The molecule has 2 atom stereocenters. The second kappa shape index (κ2) is 7.64. The van der Waals surface area contributed by atoms with E-state index in [-0.39, 0.29) is 6.10 Å². The molecule has 26 heavy (non-hydrogen) atoms. The Morgan fingerprint density at radius 3 is 2.92 bits per heavy atom. The first-order valence-corrected chi connectivity index (χ1v) is 10.0. The highest BCUT2D eigenvalue weighted by molar-refractivity contribution is 8.00. The zero-order chi connectivity index (χ0) is 17.9. The number of nitrogens with zero attached hydrogens (tertiary/aromatic N) is 1. The molecule has 1 fully saturated rings. The number of nitrogens with one attached hydrogen (secondary N) is 1. The van der Waals surface area contributed by atoms with Gasteiger partial charge < -0.3 is 19.4 Å². The van der Waals surface area contributed by atoms with Crippen LogP contribution in [0, 0.1) is 0 Å². The van der Waals surface area contributed by atoms with Gasteiger partial charge in [-0.1, -0.05) is 12.1 Å². The molecule has 2 heterocycles. The van der Waals surface area contributed by atoms with Crippen LogP contribution in [0.25, 0.3) is 10.9 Å². The van der Waals surface area contributed by atoms with Gasteiger partial charge in [0.05, 0.1) is 12.5 Å². The Hall–Kier alpha value is -2.11. The molecule has 1 N–H and O–H groups in total. The van der Waals surface area contributed by atoms with Crippen LogP contribution in [0.1, 0.15) is 12.5 Å². The smallest absolute Gasteiger partial charge is 0.120 e. The quantitative estimate of drug-likeness (QED) is 0.710. The van der Waals surface area contributed by atoms with Gasteiger partial charge in [-0.15, -0.1) is 11.8 Å². The normalized spacial score (nSPS) is 18.2. The highest BCUT2D eigenvalue weighted by Gasteiger charge is 2.23. The van der Waals surface area contributed by atoms with Crippen molar-refractivity contribution in [1.29, 1.82) is 0 Å². The lowest BCUT2D eigenvalue weighted by Crippen LogP contribution is -2.34. The van der Waals surface area contributed by atoms with E-state index in [9.17, 15) is 0 Å². The second-order valence-electron chi connectivity index (χ2n) is 6.58. The summed E-state index contributed by atoms with van der Waals surface area (Å²) in [6, 6.07) is 16.7. The van der Waals surface area contributed by atoms with Gasteiger partial charge in [-0.25, -0.2) is 0 Å². The summed E-state index contributed by atoms with van der Waals surface area (Å²) in [7, 11) is 1.70. The topological polar surface area (TPSA) is 35.4 Å². The van der Waals surface area contributed by atoms with Crippen LogP contribution in [-0.4, -0.2) is 35.5 Å². The number of rotatable bonds is 6. The van der Waals surface area contributed by atoms with Crippen molar-refractivity contribution >= 4 is 22.7 Å². The van der Waals surface area contributed by atoms with Gasteiger partial charge in [0.15, 0.2) is 0 Å². The number of aromatic nitrogens is 1. The zero-order valence-electron chi connectivity index (χ0n) is 15.1. The van der Waals surface area contributed by atoms with E-state index in [1.807, 2.05) is 23.9 Å². The Labute approximate surface area is 158 Å². The molecule has 4 nitrogen and oxygen atoms in total. The van der Waals surface area contributed by atoms with E-state index in [4.69, 9.17) is 9.47 Å². The van der Waals surface area contributed by atoms with Crippen LogP contribution in [0.5, 0.6) is 11.5 Å². The van der Waals surface area contributed by atoms with Crippen LogP contribution >= 0.6 is 11.8 Å². The Bertz CT molecular complexity index is 887. The van der Waals surface area contributed by atoms with Gasteiger partial charge in [0.25, 0.3) is 0 Å². The van der Waals surface area contributed by atoms with Crippen LogP contribution in [0.3, 0.4) is 0 Å². The summed E-state index contributed by atoms with van der Waals surface area (Å²) in [5, 5.41) is 5.05. The predicted molar refractivity (Wildman–Crippen MR) is 108 cm³/mol. The van der Waals surface area contributed by atoms with Crippen molar-refractivity contribution in [2.75, 3.05) is 19.4 Å². The maximum atomic E-state index is 6.16. The van der Waals surface area contributed by atoms with E-state index in [0.29, 0.717) is 5.37 Å². The summed E-state index contributed by atoms with van der Waals surface area (Å²) in [6.45, 7) is 4.02. The Kier molecular flexibility index (Phi) is 5.09. The minimum absolute atomic E-state index is 0.152. The number of hydrogen-bond acceptors (Lipinski definition) is 4. The van der Waals surface area contributed by atoms with Gasteiger partial charge in [0, 0.05) is 35.9 Å². The Morgan fingerprint density at radius 2 is 2.12 bits per heavy atom. The number of fused-ring (bicyclic) bond motifs is 1. The molecule has 0 spiro atoms. The fourth-order valence-corrected chi connectivity index (χ4v) is 4.43. The van der Waals surface area contributed by atoms with E-state index in [2.05, 4.69) is 59.4 Å². The number of benzene rings is 2. The van der Waals surface area contributed by atoms with E-state index in [1.165, 1.54) is 16.5 Å². The summed E-state index contributed by atoms with van der Waals surface area (Å²) in [5.74, 6) is 2.98. The first-order chi connectivity index (χ1) is 12.7. The second-order valence-corrected chi connectivity index (χ2v) is 7.83. The molecule has 1 saturated heterocycles. The Balaban J connectivity index is 1.51.